The molecule has 0 saturated carbocycles. The van der Waals surface area contributed by atoms with Gasteiger partial charge >= 0.3 is 0 Å². The summed E-state index contributed by atoms with van der Waals surface area (Å²) in [6.45, 7) is 4.09. The highest BCUT2D eigenvalue weighted by molar-refractivity contribution is 5.18. The van der Waals surface area contributed by atoms with Crippen LogP contribution < -0.4 is 0 Å². The van der Waals surface area contributed by atoms with Gasteiger partial charge in [-0.3, -0.25) is 20.0 Å². The van der Waals surface area contributed by atoms with Crippen LogP contribution in [0.4, 0.5) is 0 Å². The first-order chi connectivity index (χ1) is 9.34. The molecular formula is C14H19N5. The Bertz CT molecular complexity index is 522. The molecule has 0 radical (unpaired) electrons. The third-order valence-electron chi connectivity index (χ3n) is 3.80. The van der Waals surface area contributed by atoms with Crippen molar-refractivity contribution in [1.29, 1.82) is 0 Å². The maximum Gasteiger partial charge on any atom is 0.0727 e. The van der Waals surface area contributed by atoms with Crippen LogP contribution in [-0.2, 0) is 6.54 Å². The number of hydrogen-bond donors (Lipinski definition) is 1. The average molecular weight is 257 g/mol. The van der Waals surface area contributed by atoms with E-state index in [9.17, 15) is 0 Å². The maximum atomic E-state index is 4.38. The number of aromatic nitrogens is 4. The summed E-state index contributed by atoms with van der Waals surface area (Å²) >= 11 is 0. The highest BCUT2D eigenvalue weighted by Gasteiger charge is 2.26. The molecule has 0 aliphatic carbocycles. The molecule has 1 aliphatic heterocycles. The van der Waals surface area contributed by atoms with E-state index in [-0.39, 0.29) is 0 Å². The smallest absolute Gasteiger partial charge is 0.0727 e. The number of H-pyrrole nitrogens is 1. The van der Waals surface area contributed by atoms with Crippen LogP contribution in [0.1, 0.15) is 42.3 Å². The number of hydrogen-bond acceptors (Lipinski definition) is 4. The Morgan fingerprint density at radius 3 is 3.00 bits per heavy atom. The lowest BCUT2D eigenvalue weighted by molar-refractivity contribution is 0.135. The first kappa shape index (κ1) is 12.3. The molecule has 0 spiro atoms. The molecule has 1 saturated heterocycles. The molecule has 5 heteroatoms. The summed E-state index contributed by atoms with van der Waals surface area (Å²) in [4.78, 5) is 11.0. The van der Waals surface area contributed by atoms with Crippen molar-refractivity contribution < 1.29 is 0 Å². The molecule has 5 nitrogen and oxygen atoms in total. The monoisotopic (exact) mass is 257 g/mol. The quantitative estimate of drug-likeness (QED) is 0.916. The topological polar surface area (TPSA) is 57.7 Å². The minimum Gasteiger partial charge on any atom is -0.289 e. The van der Waals surface area contributed by atoms with Gasteiger partial charge in [-0.25, -0.2) is 0 Å². The van der Waals surface area contributed by atoms with Gasteiger partial charge in [-0.05, 0) is 31.9 Å². The highest BCUT2D eigenvalue weighted by Crippen LogP contribution is 2.32. The van der Waals surface area contributed by atoms with Crippen LogP contribution >= 0.6 is 0 Å². The molecule has 3 heterocycles. The SMILES string of the molecule is Cc1cn[nH]c1[C@@H]1CCCCN1Cc1cnccn1. The normalized spacial score (nSPS) is 20.6. The third kappa shape index (κ3) is 2.66. The van der Waals surface area contributed by atoms with Crippen molar-refractivity contribution in [2.75, 3.05) is 6.54 Å². The van der Waals surface area contributed by atoms with Gasteiger partial charge in [0.05, 0.1) is 23.6 Å². The molecule has 0 bridgehead atoms. The fourth-order valence-electron chi connectivity index (χ4n) is 2.82. The lowest BCUT2D eigenvalue weighted by Crippen LogP contribution is -2.33. The fourth-order valence-corrected chi connectivity index (χ4v) is 2.82. The van der Waals surface area contributed by atoms with Gasteiger partial charge in [0.15, 0.2) is 0 Å². The van der Waals surface area contributed by atoms with Crippen molar-refractivity contribution in [3.05, 3.63) is 41.7 Å². The summed E-state index contributed by atoms with van der Waals surface area (Å²) in [5, 5.41) is 7.32. The molecule has 1 N–H and O–H groups in total. The van der Waals surface area contributed by atoms with E-state index in [0.717, 1.165) is 18.8 Å². The largest absolute Gasteiger partial charge is 0.289 e. The van der Waals surface area contributed by atoms with E-state index in [1.54, 1.807) is 12.4 Å². The molecule has 19 heavy (non-hydrogen) atoms. The van der Waals surface area contributed by atoms with E-state index in [4.69, 9.17) is 0 Å². The summed E-state index contributed by atoms with van der Waals surface area (Å²) < 4.78 is 0. The van der Waals surface area contributed by atoms with Crippen LogP contribution in [0.5, 0.6) is 0 Å². The van der Waals surface area contributed by atoms with Gasteiger partial charge in [0.1, 0.15) is 0 Å². The van der Waals surface area contributed by atoms with E-state index < -0.39 is 0 Å². The van der Waals surface area contributed by atoms with E-state index in [1.165, 1.54) is 30.5 Å². The van der Waals surface area contributed by atoms with Crippen LogP contribution in [0.25, 0.3) is 0 Å². The first-order valence-electron chi connectivity index (χ1n) is 6.83. The second-order valence-electron chi connectivity index (χ2n) is 5.15. The zero-order valence-corrected chi connectivity index (χ0v) is 11.2. The predicted octanol–water partition coefficient (Wildman–Crippen LogP) is 2.24. The number of likely N-dealkylation sites (tertiary alicyclic amines) is 1. The van der Waals surface area contributed by atoms with Crippen molar-refractivity contribution in [3.8, 4) is 0 Å². The first-order valence-corrected chi connectivity index (χ1v) is 6.83. The average Bonchev–Trinajstić information content (AvgIpc) is 2.87. The van der Waals surface area contributed by atoms with Crippen molar-refractivity contribution >= 4 is 0 Å². The fraction of sp³-hybridized carbons (Fsp3) is 0.500. The molecule has 100 valence electrons. The molecule has 0 aromatic carbocycles. The zero-order chi connectivity index (χ0) is 13.1. The number of rotatable bonds is 3. The summed E-state index contributed by atoms with van der Waals surface area (Å²) in [6, 6.07) is 0.429. The second-order valence-corrected chi connectivity index (χ2v) is 5.15. The Morgan fingerprint density at radius 1 is 1.32 bits per heavy atom. The van der Waals surface area contributed by atoms with E-state index in [1.807, 2.05) is 12.4 Å². The molecule has 2 aromatic heterocycles. The Balaban J connectivity index is 1.80. The van der Waals surface area contributed by atoms with E-state index >= 15 is 0 Å². The molecule has 0 unspecified atom stereocenters. The molecule has 1 aliphatic rings. The number of aryl methyl sites for hydroxylation is 1. The van der Waals surface area contributed by atoms with Crippen LogP contribution in [0, 0.1) is 6.92 Å². The Kier molecular flexibility index (Phi) is 3.55. The van der Waals surface area contributed by atoms with E-state index in [0.29, 0.717) is 6.04 Å². The van der Waals surface area contributed by atoms with E-state index in [2.05, 4.69) is 32.0 Å². The third-order valence-corrected chi connectivity index (χ3v) is 3.80. The van der Waals surface area contributed by atoms with Gasteiger partial charge in [-0.2, -0.15) is 5.10 Å². The molecule has 2 aromatic rings. The number of piperidine rings is 1. The molecular weight excluding hydrogens is 238 g/mol. The van der Waals surface area contributed by atoms with Crippen molar-refractivity contribution in [2.24, 2.45) is 0 Å². The van der Waals surface area contributed by atoms with Gasteiger partial charge in [0.25, 0.3) is 0 Å². The molecule has 1 fully saturated rings. The van der Waals surface area contributed by atoms with Crippen LogP contribution in [0.2, 0.25) is 0 Å². The highest BCUT2D eigenvalue weighted by atomic mass is 15.2. The van der Waals surface area contributed by atoms with Gasteiger partial charge < -0.3 is 0 Å². The number of aromatic amines is 1. The minimum atomic E-state index is 0.429. The Morgan fingerprint density at radius 2 is 2.26 bits per heavy atom. The van der Waals surface area contributed by atoms with Gasteiger partial charge in [0, 0.05) is 25.1 Å². The molecule has 3 rings (SSSR count). The van der Waals surface area contributed by atoms with Crippen molar-refractivity contribution in [1.82, 2.24) is 25.1 Å². The number of nitrogens with zero attached hydrogens (tertiary/aromatic N) is 4. The summed E-state index contributed by atoms with van der Waals surface area (Å²) in [6.07, 6.45) is 11.0. The van der Waals surface area contributed by atoms with Crippen molar-refractivity contribution in [2.45, 2.75) is 38.8 Å². The van der Waals surface area contributed by atoms with Crippen LogP contribution in [0.15, 0.2) is 24.8 Å². The summed E-state index contributed by atoms with van der Waals surface area (Å²) in [7, 11) is 0. The predicted molar refractivity (Wildman–Crippen MR) is 72.4 cm³/mol. The minimum absolute atomic E-state index is 0.429. The Hall–Kier alpha value is -1.75. The summed E-state index contributed by atoms with van der Waals surface area (Å²) in [5.74, 6) is 0. The van der Waals surface area contributed by atoms with Gasteiger partial charge in [-0.15, -0.1) is 0 Å². The standard InChI is InChI=1S/C14H19N5/c1-11-8-17-18-14(11)13-4-2-3-7-19(13)10-12-9-15-5-6-16-12/h5-6,8-9,13H,2-4,7,10H2,1H3,(H,17,18)/t13-/m0/s1. The second kappa shape index (κ2) is 5.48. The van der Waals surface area contributed by atoms with Crippen LogP contribution in [-0.4, -0.2) is 31.6 Å². The van der Waals surface area contributed by atoms with Gasteiger partial charge in [0.2, 0.25) is 0 Å². The lowest BCUT2D eigenvalue weighted by Gasteiger charge is -2.35. The lowest BCUT2D eigenvalue weighted by atomic mass is 9.97. The number of nitrogens with one attached hydrogen (secondary N) is 1. The molecule has 0 amide bonds. The van der Waals surface area contributed by atoms with Crippen molar-refractivity contribution in [3.63, 3.8) is 0 Å². The Labute approximate surface area is 113 Å². The molecule has 1 atom stereocenters. The zero-order valence-electron chi connectivity index (χ0n) is 11.2. The van der Waals surface area contributed by atoms with Crippen LogP contribution in [0.3, 0.4) is 0 Å². The summed E-state index contributed by atoms with van der Waals surface area (Å²) in [5.41, 5.74) is 3.53. The van der Waals surface area contributed by atoms with Gasteiger partial charge in [-0.1, -0.05) is 6.42 Å². The maximum absolute atomic E-state index is 4.38.